The van der Waals surface area contributed by atoms with E-state index in [9.17, 15) is 48.3 Å². The lowest BCUT2D eigenvalue weighted by molar-refractivity contribution is -0.157. The van der Waals surface area contributed by atoms with Gasteiger partial charge in [-0.3, -0.25) is 52.7 Å². The Morgan fingerprint density at radius 2 is 0.966 bits per heavy atom. The van der Waals surface area contributed by atoms with Crippen molar-refractivity contribution in [1.82, 2.24) is 50.2 Å². The molecular weight excluding hydrogens is 1140 g/mol. The van der Waals surface area contributed by atoms with Crippen LogP contribution in [0.4, 0.5) is 0 Å². The number of allylic oxidation sites excluding steroid dienone is 2. The van der Waals surface area contributed by atoms with Gasteiger partial charge >= 0.3 is 0 Å². The number of hydrogen-bond donors (Lipinski definition) is 5. The number of carbonyl (C=O) groups is 11. The van der Waals surface area contributed by atoms with Crippen LogP contribution in [0.2, 0.25) is 0 Å². The van der Waals surface area contributed by atoms with Crippen molar-refractivity contribution in [3.63, 3.8) is 0 Å². The number of aliphatic hydroxyl groups is 1. The lowest BCUT2D eigenvalue weighted by Crippen LogP contribution is -2.63. The van der Waals surface area contributed by atoms with E-state index in [-0.39, 0.29) is 61.2 Å². The molecule has 0 aliphatic heterocycles. The van der Waals surface area contributed by atoms with Crippen LogP contribution in [-0.4, -0.2) is 221 Å². The summed E-state index contributed by atoms with van der Waals surface area (Å²) < 4.78 is 0. The summed E-state index contributed by atoms with van der Waals surface area (Å²) in [6, 6.07) is -1.59. The standard InChI is InChI=1S/C66H113N11O12/c1-24-26-30-43(13)56(79)55(60(83)70-48(25-2)63(86)71(17)37-53(78)72(18)49(57(67)80)36-47-31-28-27-29-32-47)77(23)66(89)54(42(11)12)76(22)65(88)52(35-40(7)8)75(21)64(87)51(34-39(5)6)74(20)62(85)46(16)69-58(81)45(15)68-59(82)50(33-38(3)4)73(19)61(84)44(14)41(9)10/h24,26-29,31-32,38-46,48-52,54-56,79H,25,30,33-37H2,1-23H3,(H2,67,80)(H,68,82)(H,69,81)(H,70,83)/b26-24+/t43-,44-,45-,46+,48-,49-,50+,51+,52-,54-,55?,56+/m1/s1. The van der Waals surface area contributed by atoms with Crippen molar-refractivity contribution in [1.29, 1.82) is 0 Å². The number of nitrogens with two attached hydrogens (primary N) is 1. The van der Waals surface area contributed by atoms with Gasteiger partial charge in [-0.1, -0.05) is 132 Å². The summed E-state index contributed by atoms with van der Waals surface area (Å²) in [5.41, 5.74) is 6.49. The van der Waals surface area contributed by atoms with Gasteiger partial charge in [0, 0.05) is 61.7 Å². The molecule has 0 aromatic heterocycles. The van der Waals surface area contributed by atoms with Crippen molar-refractivity contribution >= 4 is 65.0 Å². The third-order valence-electron chi connectivity index (χ3n) is 16.8. The molecule has 0 radical (unpaired) electrons. The first-order chi connectivity index (χ1) is 41.2. The highest BCUT2D eigenvalue weighted by molar-refractivity contribution is 5.99. The molecule has 0 fully saturated rings. The fraction of sp³-hybridized carbons (Fsp3) is 0.712. The molecule has 1 unspecified atom stereocenters. The van der Waals surface area contributed by atoms with Gasteiger partial charge in [0.2, 0.25) is 65.0 Å². The molecule has 0 bridgehead atoms. The van der Waals surface area contributed by atoms with E-state index in [2.05, 4.69) is 16.0 Å². The normalized spacial score (nSPS) is 15.7. The van der Waals surface area contributed by atoms with Gasteiger partial charge in [-0.2, -0.15) is 0 Å². The quantitative estimate of drug-likeness (QED) is 0.0594. The second-order valence-corrected chi connectivity index (χ2v) is 26.4. The van der Waals surface area contributed by atoms with E-state index < -0.39 is 138 Å². The third kappa shape index (κ3) is 23.4. The molecular formula is C66H113N11O12. The minimum atomic E-state index is -1.61. The maximum absolute atomic E-state index is 15.2. The minimum Gasteiger partial charge on any atom is -0.390 e. The van der Waals surface area contributed by atoms with Gasteiger partial charge in [0.15, 0.2) is 0 Å². The van der Waals surface area contributed by atoms with Crippen LogP contribution >= 0.6 is 0 Å². The maximum Gasteiger partial charge on any atom is 0.246 e. The molecule has 1 aromatic rings. The number of nitrogens with zero attached hydrogens (tertiary/aromatic N) is 7. The first-order valence-electron chi connectivity index (χ1n) is 31.6. The molecule has 23 nitrogen and oxygen atoms in total. The summed E-state index contributed by atoms with van der Waals surface area (Å²) in [6.07, 6.45) is 3.22. The maximum atomic E-state index is 15.2. The van der Waals surface area contributed by atoms with Crippen molar-refractivity contribution < 1.29 is 57.8 Å². The van der Waals surface area contributed by atoms with Crippen molar-refractivity contribution in [2.45, 2.75) is 210 Å². The van der Waals surface area contributed by atoms with E-state index in [0.29, 0.717) is 12.8 Å². The zero-order valence-corrected chi connectivity index (χ0v) is 58.0. The molecule has 6 N–H and O–H groups in total. The summed E-state index contributed by atoms with van der Waals surface area (Å²) in [7, 11) is 10.1. The van der Waals surface area contributed by atoms with Crippen LogP contribution in [-0.2, 0) is 59.2 Å². The molecule has 0 saturated carbocycles. The molecule has 0 saturated heterocycles. The lowest BCUT2D eigenvalue weighted by atomic mass is 9.91. The van der Waals surface area contributed by atoms with Crippen molar-refractivity contribution in [2.75, 3.05) is 55.9 Å². The smallest absolute Gasteiger partial charge is 0.246 e. The number of benzene rings is 1. The van der Waals surface area contributed by atoms with E-state index in [1.165, 1.54) is 80.6 Å². The molecule has 89 heavy (non-hydrogen) atoms. The number of nitrogens with one attached hydrogen (secondary N) is 3. The Kier molecular flexibility index (Phi) is 33.6. The van der Waals surface area contributed by atoms with Gasteiger partial charge in [-0.05, 0) is 93.9 Å². The predicted octanol–water partition coefficient (Wildman–Crippen LogP) is 4.09. The summed E-state index contributed by atoms with van der Waals surface area (Å²) in [6.45, 7) is 28.1. The zero-order valence-electron chi connectivity index (χ0n) is 58.0. The molecule has 504 valence electrons. The molecule has 12 atom stereocenters. The van der Waals surface area contributed by atoms with Gasteiger partial charge in [0.1, 0.15) is 54.4 Å². The van der Waals surface area contributed by atoms with Gasteiger partial charge in [-0.15, -0.1) is 0 Å². The molecule has 0 aliphatic rings. The second-order valence-electron chi connectivity index (χ2n) is 26.4. The van der Waals surface area contributed by atoms with Crippen LogP contribution < -0.4 is 21.7 Å². The van der Waals surface area contributed by atoms with Gasteiger partial charge in [-0.25, -0.2) is 0 Å². The van der Waals surface area contributed by atoms with Gasteiger partial charge in [0.05, 0.1) is 12.6 Å². The average molecular weight is 1250 g/mol. The number of hydrogen-bond acceptors (Lipinski definition) is 12. The van der Waals surface area contributed by atoms with Crippen LogP contribution in [0.15, 0.2) is 42.5 Å². The first-order valence-corrected chi connectivity index (χ1v) is 31.6. The molecule has 0 heterocycles. The SMILES string of the molecule is C/C=C/C[C@@H](C)[C@H](O)C(C(=O)N[C@H](CC)C(=O)N(C)CC(=O)N(C)[C@H](Cc1ccccc1)C(N)=O)N(C)C(=O)[C@@H](C(C)C)N(C)C(=O)[C@@H](CC(C)C)N(C)C(=O)[C@H](CC(C)C)N(C)C(=O)[C@H](C)NC(=O)[C@@H](C)NC(=O)[C@H](CC(C)C)N(C)C(=O)[C@H](C)C(C)C. The van der Waals surface area contributed by atoms with Gasteiger partial charge in [0.25, 0.3) is 0 Å². The second kappa shape index (κ2) is 37.3. The number of amides is 11. The largest absolute Gasteiger partial charge is 0.390 e. The van der Waals surface area contributed by atoms with E-state index in [0.717, 1.165) is 15.4 Å². The molecule has 1 rings (SSSR count). The fourth-order valence-corrected chi connectivity index (χ4v) is 10.7. The van der Waals surface area contributed by atoms with Crippen LogP contribution in [0.25, 0.3) is 0 Å². The van der Waals surface area contributed by atoms with E-state index in [4.69, 9.17) is 5.73 Å². The highest BCUT2D eigenvalue weighted by Crippen LogP contribution is 2.26. The minimum absolute atomic E-state index is 0.0363. The number of primary amides is 1. The molecule has 0 aliphatic carbocycles. The highest BCUT2D eigenvalue weighted by Gasteiger charge is 2.45. The Balaban J connectivity index is 3.62. The monoisotopic (exact) mass is 1250 g/mol. The summed E-state index contributed by atoms with van der Waals surface area (Å²) in [5.74, 6) is -8.59. The van der Waals surface area contributed by atoms with E-state index >= 15 is 9.59 Å². The van der Waals surface area contributed by atoms with Gasteiger partial charge < -0.3 is 61.1 Å². The summed E-state index contributed by atoms with van der Waals surface area (Å²) in [4.78, 5) is 164. The van der Waals surface area contributed by atoms with Crippen molar-refractivity contribution in [3.05, 3.63) is 48.0 Å². The number of aliphatic hydroxyl groups excluding tert-OH is 1. The number of rotatable bonds is 36. The lowest BCUT2D eigenvalue weighted by Gasteiger charge is -2.41. The van der Waals surface area contributed by atoms with Crippen LogP contribution in [0, 0.1) is 41.4 Å². The Labute approximate surface area is 532 Å². The van der Waals surface area contributed by atoms with Crippen molar-refractivity contribution in [3.8, 4) is 0 Å². The van der Waals surface area contributed by atoms with Crippen molar-refractivity contribution in [2.24, 2.45) is 47.2 Å². The van der Waals surface area contributed by atoms with Crippen LogP contribution in [0.5, 0.6) is 0 Å². The molecule has 0 spiro atoms. The van der Waals surface area contributed by atoms with E-state index in [1.807, 2.05) is 68.4 Å². The molecule has 1 aromatic carbocycles. The number of carbonyl (C=O) groups excluding carboxylic acids is 11. The Morgan fingerprint density at radius 1 is 0.506 bits per heavy atom. The first kappa shape index (κ1) is 80.1. The fourth-order valence-electron chi connectivity index (χ4n) is 10.7. The van der Waals surface area contributed by atoms with Crippen LogP contribution in [0.3, 0.4) is 0 Å². The topological polar surface area (TPSA) is 293 Å². The Bertz CT molecular complexity index is 2560. The predicted molar refractivity (Wildman–Crippen MR) is 346 cm³/mol. The zero-order chi connectivity index (χ0) is 68.8. The molecule has 23 heteroatoms. The molecule has 11 amide bonds. The Hall–Kier alpha value is -6.91. The summed E-state index contributed by atoms with van der Waals surface area (Å²) in [5, 5.41) is 20.2. The number of likely N-dealkylation sites (N-methyl/N-ethyl adjacent to an activating group) is 7. The Morgan fingerprint density at radius 3 is 1.43 bits per heavy atom. The third-order valence-corrected chi connectivity index (χ3v) is 16.8. The summed E-state index contributed by atoms with van der Waals surface area (Å²) >= 11 is 0. The average Bonchev–Trinajstić information content (AvgIpc) is 0.961. The van der Waals surface area contributed by atoms with Crippen LogP contribution in [0.1, 0.15) is 148 Å². The highest BCUT2D eigenvalue weighted by atomic mass is 16.3. The van der Waals surface area contributed by atoms with E-state index in [1.54, 1.807) is 78.1 Å².